The minimum absolute atomic E-state index is 0.145. The van der Waals surface area contributed by atoms with E-state index in [0.717, 1.165) is 16.7 Å². The van der Waals surface area contributed by atoms with Crippen LogP contribution in [-0.4, -0.2) is 13.1 Å². The summed E-state index contributed by atoms with van der Waals surface area (Å²) in [4.78, 5) is 11.2. The van der Waals surface area contributed by atoms with E-state index in [1.54, 1.807) is 0 Å². The molecule has 0 heterocycles. The second-order valence-corrected chi connectivity index (χ2v) is 4.38. The molecule has 2 aromatic rings. The number of methoxy groups -OCH3 is 1. The van der Waals surface area contributed by atoms with Crippen LogP contribution in [-0.2, 0) is 16.0 Å². The number of hydrogen-bond acceptors (Lipinski definition) is 3. The summed E-state index contributed by atoms with van der Waals surface area (Å²) in [6, 6.07) is 17.5. The Kier molecular flexibility index (Phi) is 4.31. The number of esters is 1. The predicted molar refractivity (Wildman–Crippen MR) is 74.6 cm³/mol. The van der Waals surface area contributed by atoms with Gasteiger partial charge in [-0.05, 0) is 16.7 Å². The molecule has 2 N–H and O–H groups in total. The van der Waals surface area contributed by atoms with Crippen LogP contribution >= 0.6 is 0 Å². The number of ether oxygens (including phenoxy) is 1. The van der Waals surface area contributed by atoms with E-state index >= 15 is 0 Å². The van der Waals surface area contributed by atoms with Crippen LogP contribution in [0.3, 0.4) is 0 Å². The zero-order chi connectivity index (χ0) is 13.7. The zero-order valence-electron chi connectivity index (χ0n) is 10.9. The van der Waals surface area contributed by atoms with Gasteiger partial charge in [0.15, 0.2) is 0 Å². The Bertz CT molecular complexity index is 534. The molecule has 0 saturated carbocycles. The second-order valence-electron chi connectivity index (χ2n) is 4.38. The molecule has 0 aliphatic carbocycles. The Morgan fingerprint density at radius 1 is 1.05 bits per heavy atom. The maximum absolute atomic E-state index is 11.2. The molecule has 98 valence electrons. The van der Waals surface area contributed by atoms with Gasteiger partial charge in [0.1, 0.15) is 0 Å². The highest BCUT2D eigenvalue weighted by Crippen LogP contribution is 2.19. The Labute approximate surface area is 113 Å². The molecular formula is C16H17NO2. The van der Waals surface area contributed by atoms with E-state index in [1.807, 2.05) is 54.6 Å². The lowest BCUT2D eigenvalue weighted by Gasteiger charge is -2.13. The molecule has 3 heteroatoms. The number of rotatable bonds is 4. The van der Waals surface area contributed by atoms with E-state index in [2.05, 4.69) is 4.74 Å². The molecule has 0 spiro atoms. The maximum atomic E-state index is 11.2. The Hall–Kier alpha value is -2.13. The number of nitrogens with two attached hydrogens (primary N) is 1. The fourth-order valence-electron chi connectivity index (χ4n) is 1.93. The molecule has 1 atom stereocenters. The highest BCUT2D eigenvalue weighted by Gasteiger charge is 2.09. The molecule has 2 rings (SSSR count). The van der Waals surface area contributed by atoms with Crippen LogP contribution in [0.2, 0.25) is 0 Å². The summed E-state index contributed by atoms with van der Waals surface area (Å²) in [6.45, 7) is 0. The van der Waals surface area contributed by atoms with Crippen molar-refractivity contribution in [2.75, 3.05) is 7.11 Å². The molecule has 0 radical (unpaired) electrons. The summed E-state index contributed by atoms with van der Waals surface area (Å²) in [6.07, 6.45) is 0.289. The smallest absolute Gasteiger partial charge is 0.309 e. The third kappa shape index (κ3) is 3.42. The summed E-state index contributed by atoms with van der Waals surface area (Å²) in [5, 5.41) is 0. The molecule has 1 unspecified atom stereocenters. The highest BCUT2D eigenvalue weighted by atomic mass is 16.5. The minimum atomic E-state index is -0.236. The van der Waals surface area contributed by atoms with Gasteiger partial charge in [0.25, 0.3) is 0 Å². The van der Waals surface area contributed by atoms with Crippen molar-refractivity contribution in [3.63, 3.8) is 0 Å². The summed E-state index contributed by atoms with van der Waals surface area (Å²) in [7, 11) is 1.39. The van der Waals surface area contributed by atoms with Gasteiger partial charge in [0.2, 0.25) is 0 Å². The monoisotopic (exact) mass is 255 g/mol. The number of carbonyl (C=O) groups is 1. The largest absolute Gasteiger partial charge is 0.469 e. The van der Waals surface area contributed by atoms with E-state index in [9.17, 15) is 4.79 Å². The third-order valence-corrected chi connectivity index (χ3v) is 3.07. The molecule has 19 heavy (non-hydrogen) atoms. The van der Waals surface area contributed by atoms with Crippen molar-refractivity contribution < 1.29 is 9.53 Å². The molecule has 0 aliphatic rings. The fraction of sp³-hybridized carbons (Fsp3) is 0.188. The van der Waals surface area contributed by atoms with Crippen molar-refractivity contribution in [1.29, 1.82) is 0 Å². The second kappa shape index (κ2) is 6.16. The Morgan fingerprint density at radius 2 is 1.63 bits per heavy atom. The third-order valence-electron chi connectivity index (χ3n) is 3.07. The van der Waals surface area contributed by atoms with Crippen LogP contribution in [0.5, 0.6) is 0 Å². The number of benzene rings is 2. The number of carbonyl (C=O) groups excluding carboxylic acids is 1. The van der Waals surface area contributed by atoms with Crippen molar-refractivity contribution in [2.24, 2.45) is 5.73 Å². The van der Waals surface area contributed by atoms with Crippen LogP contribution in [0.25, 0.3) is 0 Å². The van der Waals surface area contributed by atoms with Crippen LogP contribution in [0.1, 0.15) is 22.7 Å². The summed E-state index contributed by atoms with van der Waals surface area (Å²) >= 11 is 0. The van der Waals surface area contributed by atoms with Crippen molar-refractivity contribution >= 4 is 5.97 Å². The van der Waals surface area contributed by atoms with Crippen LogP contribution < -0.4 is 5.73 Å². The predicted octanol–water partition coefficient (Wildman–Crippen LogP) is 2.45. The van der Waals surface area contributed by atoms with E-state index in [1.165, 1.54) is 7.11 Å². The van der Waals surface area contributed by atoms with Gasteiger partial charge >= 0.3 is 5.97 Å². The first-order chi connectivity index (χ1) is 9.20. The van der Waals surface area contributed by atoms with Crippen molar-refractivity contribution in [2.45, 2.75) is 12.5 Å². The van der Waals surface area contributed by atoms with Gasteiger partial charge in [-0.25, -0.2) is 0 Å². The quantitative estimate of drug-likeness (QED) is 0.854. The van der Waals surface area contributed by atoms with E-state index < -0.39 is 0 Å². The molecule has 3 nitrogen and oxygen atoms in total. The first kappa shape index (κ1) is 13.3. The van der Waals surface area contributed by atoms with Crippen molar-refractivity contribution in [3.8, 4) is 0 Å². The average molecular weight is 255 g/mol. The van der Waals surface area contributed by atoms with Crippen molar-refractivity contribution in [3.05, 3.63) is 71.3 Å². The van der Waals surface area contributed by atoms with E-state index in [4.69, 9.17) is 5.73 Å². The van der Waals surface area contributed by atoms with Gasteiger partial charge in [0, 0.05) is 0 Å². The first-order valence-electron chi connectivity index (χ1n) is 6.17. The minimum Gasteiger partial charge on any atom is -0.469 e. The van der Waals surface area contributed by atoms with Gasteiger partial charge in [-0.2, -0.15) is 0 Å². The van der Waals surface area contributed by atoms with Crippen LogP contribution in [0.4, 0.5) is 0 Å². The summed E-state index contributed by atoms with van der Waals surface area (Å²) < 4.78 is 4.64. The average Bonchev–Trinajstić information content (AvgIpc) is 2.48. The number of hydrogen-bond donors (Lipinski definition) is 1. The van der Waals surface area contributed by atoms with Gasteiger partial charge < -0.3 is 10.5 Å². The zero-order valence-corrected chi connectivity index (χ0v) is 10.9. The maximum Gasteiger partial charge on any atom is 0.309 e. The van der Waals surface area contributed by atoms with Gasteiger partial charge in [-0.15, -0.1) is 0 Å². The molecule has 0 aliphatic heterocycles. The molecule has 0 fully saturated rings. The highest BCUT2D eigenvalue weighted by molar-refractivity contribution is 5.72. The van der Waals surface area contributed by atoms with Crippen molar-refractivity contribution in [1.82, 2.24) is 0 Å². The molecule has 0 bridgehead atoms. The lowest BCUT2D eigenvalue weighted by Crippen LogP contribution is -2.12. The van der Waals surface area contributed by atoms with Crippen LogP contribution in [0.15, 0.2) is 54.6 Å². The molecule has 0 aromatic heterocycles. The Morgan fingerprint density at radius 3 is 2.21 bits per heavy atom. The molecule has 2 aromatic carbocycles. The lowest BCUT2D eigenvalue weighted by atomic mass is 9.98. The van der Waals surface area contributed by atoms with E-state index in [-0.39, 0.29) is 18.4 Å². The summed E-state index contributed by atoms with van der Waals surface area (Å²) in [5.74, 6) is -0.236. The van der Waals surface area contributed by atoms with E-state index in [0.29, 0.717) is 0 Å². The summed E-state index contributed by atoms with van der Waals surface area (Å²) in [5.41, 5.74) is 9.23. The fourth-order valence-corrected chi connectivity index (χ4v) is 1.93. The standard InChI is InChI=1S/C16H17NO2/c1-19-15(18)11-12-7-9-14(10-8-12)16(17)13-5-3-2-4-6-13/h2-10,16H,11,17H2,1H3. The molecule has 0 amide bonds. The van der Waals surface area contributed by atoms with Gasteiger partial charge in [-0.1, -0.05) is 54.6 Å². The Balaban J connectivity index is 2.12. The molecule has 0 saturated heterocycles. The lowest BCUT2D eigenvalue weighted by molar-refractivity contribution is -0.139. The van der Waals surface area contributed by atoms with Gasteiger partial charge in [-0.3, -0.25) is 4.79 Å². The van der Waals surface area contributed by atoms with Crippen LogP contribution in [0, 0.1) is 0 Å². The van der Waals surface area contributed by atoms with Gasteiger partial charge in [0.05, 0.1) is 19.6 Å². The normalized spacial score (nSPS) is 11.9. The molecular weight excluding hydrogens is 238 g/mol. The SMILES string of the molecule is COC(=O)Cc1ccc(C(N)c2ccccc2)cc1. The topological polar surface area (TPSA) is 52.3 Å². The first-order valence-corrected chi connectivity index (χ1v) is 6.17.